The zero-order valence-corrected chi connectivity index (χ0v) is 10.2. The number of pyridine rings is 1. The third kappa shape index (κ3) is 2.90. The van der Waals surface area contributed by atoms with Crippen LogP contribution in [0.3, 0.4) is 0 Å². The van der Waals surface area contributed by atoms with Crippen molar-refractivity contribution in [2.24, 2.45) is 0 Å². The molecule has 0 bridgehead atoms. The molecule has 0 atom stereocenters. The number of aromatic carboxylic acids is 1. The summed E-state index contributed by atoms with van der Waals surface area (Å²) in [4.78, 5) is 14.8. The number of rotatable bonds is 4. The summed E-state index contributed by atoms with van der Waals surface area (Å²) in [6.07, 6.45) is 2.59. The fourth-order valence-electron chi connectivity index (χ4n) is 1.62. The first kappa shape index (κ1) is 13.5. The van der Waals surface area contributed by atoms with Gasteiger partial charge in [-0.2, -0.15) is 5.26 Å². The number of halogens is 1. The van der Waals surface area contributed by atoms with E-state index < -0.39 is 11.8 Å². The standard InChI is InChI=1S/C14H9FN2O3/c15-11-2-1-9(6-16)10(5-11)8-20-13-7-17-4-3-12(13)14(18)19/h1-5,7H,8H2,(H,18,19). The Hall–Kier alpha value is -2.94. The van der Waals surface area contributed by atoms with Gasteiger partial charge in [0.25, 0.3) is 0 Å². The van der Waals surface area contributed by atoms with Gasteiger partial charge in [0.15, 0.2) is 5.75 Å². The van der Waals surface area contributed by atoms with Gasteiger partial charge in [-0.1, -0.05) is 0 Å². The lowest BCUT2D eigenvalue weighted by Gasteiger charge is -2.09. The van der Waals surface area contributed by atoms with Crippen molar-refractivity contribution in [3.05, 3.63) is 59.2 Å². The van der Waals surface area contributed by atoms with Gasteiger partial charge in [-0.05, 0) is 24.3 Å². The molecular weight excluding hydrogens is 263 g/mol. The largest absolute Gasteiger partial charge is 0.486 e. The number of carbonyl (C=O) groups is 1. The predicted octanol–water partition coefficient (Wildman–Crippen LogP) is 2.37. The Labute approximate surface area is 113 Å². The molecule has 1 aromatic carbocycles. The molecule has 1 N–H and O–H groups in total. The summed E-state index contributed by atoms with van der Waals surface area (Å²) in [5.41, 5.74) is 0.565. The van der Waals surface area contributed by atoms with Crippen molar-refractivity contribution in [2.45, 2.75) is 6.61 Å². The summed E-state index contributed by atoms with van der Waals surface area (Å²) in [5, 5.41) is 17.9. The van der Waals surface area contributed by atoms with E-state index >= 15 is 0 Å². The monoisotopic (exact) mass is 272 g/mol. The highest BCUT2D eigenvalue weighted by Crippen LogP contribution is 2.19. The van der Waals surface area contributed by atoms with Gasteiger partial charge in [-0.25, -0.2) is 9.18 Å². The molecule has 0 unspecified atom stereocenters. The molecule has 0 aliphatic rings. The van der Waals surface area contributed by atoms with Crippen LogP contribution in [-0.4, -0.2) is 16.1 Å². The van der Waals surface area contributed by atoms with Crippen molar-refractivity contribution < 1.29 is 19.0 Å². The Morgan fingerprint density at radius 1 is 1.45 bits per heavy atom. The Morgan fingerprint density at radius 2 is 2.25 bits per heavy atom. The SMILES string of the molecule is N#Cc1ccc(F)cc1COc1cnccc1C(=O)O. The van der Waals surface area contributed by atoms with Crippen LogP contribution in [0.15, 0.2) is 36.7 Å². The molecule has 100 valence electrons. The summed E-state index contributed by atoms with van der Waals surface area (Å²) in [5.74, 6) is -1.58. The number of nitrogens with zero attached hydrogens (tertiary/aromatic N) is 2. The van der Waals surface area contributed by atoms with Crippen LogP contribution in [0, 0.1) is 17.1 Å². The number of benzene rings is 1. The first-order valence-corrected chi connectivity index (χ1v) is 5.60. The van der Waals surface area contributed by atoms with Crippen LogP contribution in [0.1, 0.15) is 21.5 Å². The van der Waals surface area contributed by atoms with Crippen molar-refractivity contribution in [1.82, 2.24) is 4.98 Å². The molecule has 2 aromatic rings. The lowest BCUT2D eigenvalue weighted by Crippen LogP contribution is -2.05. The maximum atomic E-state index is 13.1. The normalized spacial score (nSPS) is 9.80. The molecule has 0 fully saturated rings. The van der Waals surface area contributed by atoms with Gasteiger partial charge in [-0.15, -0.1) is 0 Å². The molecule has 1 heterocycles. The van der Waals surface area contributed by atoms with E-state index in [0.29, 0.717) is 5.56 Å². The lowest BCUT2D eigenvalue weighted by molar-refractivity contribution is 0.0691. The fraction of sp³-hybridized carbons (Fsp3) is 0.0714. The number of carboxylic acid groups (broad SMARTS) is 1. The first-order chi connectivity index (χ1) is 9.61. The number of nitriles is 1. The van der Waals surface area contributed by atoms with Crippen molar-refractivity contribution in [3.63, 3.8) is 0 Å². The molecule has 0 radical (unpaired) electrons. The van der Waals surface area contributed by atoms with Crippen LogP contribution in [0.4, 0.5) is 4.39 Å². The van der Waals surface area contributed by atoms with Crippen LogP contribution in [0.25, 0.3) is 0 Å². The van der Waals surface area contributed by atoms with Crippen LogP contribution in [-0.2, 0) is 6.61 Å². The smallest absolute Gasteiger partial charge is 0.339 e. The molecular formula is C14H9FN2O3. The third-order valence-corrected chi connectivity index (χ3v) is 2.59. The van der Waals surface area contributed by atoms with Gasteiger partial charge < -0.3 is 9.84 Å². The van der Waals surface area contributed by atoms with Crippen LogP contribution >= 0.6 is 0 Å². The average Bonchev–Trinajstić information content (AvgIpc) is 2.45. The summed E-state index contributed by atoms with van der Waals surface area (Å²) < 4.78 is 18.5. The topological polar surface area (TPSA) is 83.2 Å². The van der Waals surface area contributed by atoms with Crippen LogP contribution in [0.2, 0.25) is 0 Å². The first-order valence-electron chi connectivity index (χ1n) is 5.60. The van der Waals surface area contributed by atoms with Gasteiger partial charge in [0.1, 0.15) is 18.0 Å². The van der Waals surface area contributed by atoms with E-state index in [-0.39, 0.29) is 23.5 Å². The molecule has 0 aliphatic heterocycles. The number of hydrogen-bond acceptors (Lipinski definition) is 4. The van der Waals surface area contributed by atoms with Crippen molar-refractivity contribution in [3.8, 4) is 11.8 Å². The maximum Gasteiger partial charge on any atom is 0.339 e. The quantitative estimate of drug-likeness (QED) is 0.923. The number of hydrogen-bond donors (Lipinski definition) is 1. The number of carboxylic acids is 1. The van der Waals surface area contributed by atoms with E-state index in [9.17, 15) is 9.18 Å². The maximum absolute atomic E-state index is 13.1. The van der Waals surface area contributed by atoms with E-state index in [2.05, 4.69) is 4.98 Å². The Balaban J connectivity index is 2.24. The third-order valence-electron chi connectivity index (χ3n) is 2.59. The lowest BCUT2D eigenvalue weighted by atomic mass is 10.1. The van der Waals surface area contributed by atoms with E-state index in [1.165, 1.54) is 36.7 Å². The van der Waals surface area contributed by atoms with Crippen molar-refractivity contribution >= 4 is 5.97 Å². The molecule has 0 amide bonds. The van der Waals surface area contributed by atoms with E-state index in [1.54, 1.807) is 0 Å². The minimum atomic E-state index is -1.15. The van der Waals surface area contributed by atoms with Crippen LogP contribution in [0.5, 0.6) is 5.75 Å². The molecule has 0 aliphatic carbocycles. The Kier molecular flexibility index (Phi) is 3.91. The predicted molar refractivity (Wildman–Crippen MR) is 66.6 cm³/mol. The van der Waals surface area contributed by atoms with Crippen LogP contribution < -0.4 is 4.74 Å². The highest BCUT2D eigenvalue weighted by Gasteiger charge is 2.12. The Bertz CT molecular complexity index is 695. The second kappa shape index (κ2) is 5.80. The molecule has 0 saturated carbocycles. The molecule has 2 rings (SSSR count). The molecule has 0 spiro atoms. The highest BCUT2D eigenvalue weighted by atomic mass is 19.1. The highest BCUT2D eigenvalue weighted by molar-refractivity contribution is 5.90. The minimum absolute atomic E-state index is 0.0464. The molecule has 1 aromatic heterocycles. The summed E-state index contributed by atoms with van der Waals surface area (Å²) in [7, 11) is 0. The Morgan fingerprint density at radius 3 is 2.95 bits per heavy atom. The fourth-order valence-corrected chi connectivity index (χ4v) is 1.62. The minimum Gasteiger partial charge on any atom is -0.486 e. The van der Waals surface area contributed by atoms with E-state index in [1.807, 2.05) is 6.07 Å². The van der Waals surface area contributed by atoms with Crippen molar-refractivity contribution in [1.29, 1.82) is 5.26 Å². The second-order valence-electron chi connectivity index (χ2n) is 3.88. The van der Waals surface area contributed by atoms with Gasteiger partial charge in [0.2, 0.25) is 0 Å². The summed E-state index contributed by atoms with van der Waals surface area (Å²) in [6, 6.07) is 6.91. The van der Waals surface area contributed by atoms with Gasteiger partial charge in [0.05, 0.1) is 17.8 Å². The molecule has 0 saturated heterocycles. The molecule has 20 heavy (non-hydrogen) atoms. The van der Waals surface area contributed by atoms with E-state index in [0.717, 1.165) is 0 Å². The molecule has 5 nitrogen and oxygen atoms in total. The van der Waals surface area contributed by atoms with E-state index in [4.69, 9.17) is 15.1 Å². The average molecular weight is 272 g/mol. The second-order valence-corrected chi connectivity index (χ2v) is 3.88. The van der Waals surface area contributed by atoms with Crippen molar-refractivity contribution in [2.75, 3.05) is 0 Å². The number of ether oxygens (including phenoxy) is 1. The zero-order valence-electron chi connectivity index (χ0n) is 10.2. The summed E-state index contributed by atoms with van der Waals surface area (Å²) in [6.45, 7) is -0.118. The molecule has 6 heteroatoms. The van der Waals surface area contributed by atoms with Gasteiger partial charge in [0, 0.05) is 11.8 Å². The van der Waals surface area contributed by atoms with Gasteiger partial charge in [-0.3, -0.25) is 4.98 Å². The summed E-state index contributed by atoms with van der Waals surface area (Å²) >= 11 is 0. The number of aromatic nitrogens is 1. The zero-order chi connectivity index (χ0) is 14.5. The van der Waals surface area contributed by atoms with Gasteiger partial charge >= 0.3 is 5.97 Å².